The highest BCUT2D eigenvalue weighted by Crippen LogP contribution is 2.39. The van der Waals surface area contributed by atoms with Gasteiger partial charge in [-0.1, -0.05) is 0 Å². The van der Waals surface area contributed by atoms with Gasteiger partial charge in [0.05, 0.1) is 30.1 Å². The number of nitrogens with zero attached hydrogens (tertiary/aromatic N) is 4. The van der Waals surface area contributed by atoms with E-state index in [2.05, 4.69) is 20.4 Å². The normalized spacial score (nSPS) is 11.7. The number of ether oxygens (including phenoxy) is 1. The molecule has 0 spiro atoms. The van der Waals surface area contributed by atoms with E-state index in [0.717, 1.165) is 12.4 Å². The summed E-state index contributed by atoms with van der Waals surface area (Å²) in [6.07, 6.45) is -0.787. The summed E-state index contributed by atoms with van der Waals surface area (Å²) >= 11 is 0. The standard InChI is InChI=1S/C21H19F3N6O4/c1-3-25-17(31)14-6-11(7-26-18(14)32)15-5-4-13-16(28-15)20(34-2)30(19(13)33)12-8-27-29(9-12)10-21(22,23)24/h4-9,33H,3,10H2,1-2H3,(H,25,31)(H,26,32). The van der Waals surface area contributed by atoms with Crippen LogP contribution in [0.4, 0.5) is 13.2 Å². The first kappa shape index (κ1) is 22.9. The number of aromatic amines is 1. The zero-order valence-electron chi connectivity index (χ0n) is 18.0. The quantitative estimate of drug-likeness (QED) is 0.393. The maximum Gasteiger partial charge on any atom is 0.408 e. The summed E-state index contributed by atoms with van der Waals surface area (Å²) in [5, 5.41) is 17.3. The fourth-order valence-electron chi connectivity index (χ4n) is 3.51. The minimum atomic E-state index is -4.46. The molecule has 0 aliphatic heterocycles. The van der Waals surface area contributed by atoms with Crippen LogP contribution in [0.5, 0.6) is 11.8 Å². The van der Waals surface area contributed by atoms with E-state index in [4.69, 9.17) is 4.74 Å². The summed E-state index contributed by atoms with van der Waals surface area (Å²) < 4.78 is 45.4. The number of hydrogen-bond donors (Lipinski definition) is 3. The molecule has 4 heterocycles. The summed E-state index contributed by atoms with van der Waals surface area (Å²) in [4.78, 5) is 31.2. The highest BCUT2D eigenvalue weighted by molar-refractivity contribution is 5.95. The third kappa shape index (κ3) is 4.19. The molecule has 3 N–H and O–H groups in total. The summed E-state index contributed by atoms with van der Waals surface area (Å²) in [6, 6.07) is 4.50. The molecule has 0 fully saturated rings. The van der Waals surface area contributed by atoms with Crippen molar-refractivity contribution in [2.24, 2.45) is 0 Å². The summed E-state index contributed by atoms with van der Waals surface area (Å²) in [5.74, 6) is -0.778. The van der Waals surface area contributed by atoms with E-state index in [1.54, 1.807) is 19.1 Å². The van der Waals surface area contributed by atoms with E-state index in [1.807, 2.05) is 0 Å². The minimum Gasteiger partial charge on any atom is -0.494 e. The molecule has 4 rings (SSSR count). The number of pyridine rings is 2. The number of rotatable bonds is 6. The van der Waals surface area contributed by atoms with Crippen molar-refractivity contribution in [2.45, 2.75) is 19.6 Å². The number of hydrogen-bond acceptors (Lipinski definition) is 6. The molecule has 0 bridgehead atoms. The highest BCUT2D eigenvalue weighted by atomic mass is 19.4. The number of halogens is 3. The number of aromatic hydroxyl groups is 1. The van der Waals surface area contributed by atoms with Gasteiger partial charge in [-0.05, 0) is 25.1 Å². The third-order valence-electron chi connectivity index (χ3n) is 4.95. The minimum absolute atomic E-state index is 0.0642. The van der Waals surface area contributed by atoms with Crippen molar-refractivity contribution >= 4 is 16.8 Å². The lowest BCUT2D eigenvalue weighted by molar-refractivity contribution is -0.142. The Hall–Kier alpha value is -4.29. The van der Waals surface area contributed by atoms with E-state index >= 15 is 0 Å². The Morgan fingerprint density at radius 2 is 2.09 bits per heavy atom. The van der Waals surface area contributed by atoms with Crippen molar-refractivity contribution in [3.63, 3.8) is 0 Å². The van der Waals surface area contributed by atoms with Gasteiger partial charge in [0.15, 0.2) is 0 Å². The number of nitrogens with one attached hydrogen (secondary N) is 2. The van der Waals surface area contributed by atoms with Crippen molar-refractivity contribution in [1.82, 2.24) is 29.6 Å². The predicted octanol–water partition coefficient (Wildman–Crippen LogP) is 2.60. The number of fused-ring (bicyclic) bond motifs is 1. The zero-order chi connectivity index (χ0) is 24.6. The van der Waals surface area contributed by atoms with Gasteiger partial charge >= 0.3 is 6.18 Å². The van der Waals surface area contributed by atoms with Crippen molar-refractivity contribution in [1.29, 1.82) is 0 Å². The molecule has 0 aliphatic carbocycles. The van der Waals surface area contributed by atoms with Crippen molar-refractivity contribution in [3.05, 3.63) is 52.7 Å². The van der Waals surface area contributed by atoms with E-state index in [1.165, 1.54) is 23.9 Å². The molecule has 13 heteroatoms. The molecule has 0 saturated carbocycles. The number of amides is 1. The Morgan fingerprint density at radius 3 is 2.76 bits per heavy atom. The Morgan fingerprint density at radius 1 is 1.32 bits per heavy atom. The highest BCUT2D eigenvalue weighted by Gasteiger charge is 2.29. The van der Waals surface area contributed by atoms with Crippen LogP contribution >= 0.6 is 0 Å². The van der Waals surface area contributed by atoms with Crippen LogP contribution in [0.25, 0.3) is 27.8 Å². The number of aromatic nitrogens is 5. The molecule has 4 aromatic rings. The van der Waals surface area contributed by atoms with Gasteiger partial charge in [0.1, 0.15) is 17.6 Å². The molecule has 0 atom stereocenters. The second-order valence-electron chi connectivity index (χ2n) is 7.26. The lowest BCUT2D eigenvalue weighted by Crippen LogP contribution is -2.29. The third-order valence-corrected chi connectivity index (χ3v) is 4.95. The first-order valence-electron chi connectivity index (χ1n) is 10.0. The van der Waals surface area contributed by atoms with Crippen LogP contribution in [0.3, 0.4) is 0 Å². The van der Waals surface area contributed by atoms with Gasteiger partial charge in [-0.15, -0.1) is 0 Å². The Bertz CT molecular complexity index is 1440. The smallest absolute Gasteiger partial charge is 0.408 e. The zero-order valence-corrected chi connectivity index (χ0v) is 18.0. The Kier molecular flexibility index (Phi) is 5.77. The second kappa shape index (κ2) is 8.57. The first-order valence-corrected chi connectivity index (χ1v) is 10.0. The van der Waals surface area contributed by atoms with Crippen LogP contribution in [0, 0.1) is 0 Å². The van der Waals surface area contributed by atoms with Crippen molar-refractivity contribution in [2.75, 3.05) is 13.7 Å². The molecule has 0 unspecified atom stereocenters. The molecule has 10 nitrogen and oxygen atoms in total. The second-order valence-corrected chi connectivity index (χ2v) is 7.26. The average molecular weight is 476 g/mol. The lowest BCUT2D eigenvalue weighted by Gasteiger charge is -2.07. The molecule has 178 valence electrons. The molecule has 1 amide bonds. The molecule has 0 aromatic carbocycles. The summed E-state index contributed by atoms with van der Waals surface area (Å²) in [6.45, 7) is 0.775. The number of carbonyl (C=O) groups is 1. The van der Waals surface area contributed by atoms with Crippen LogP contribution in [0.15, 0.2) is 41.6 Å². The van der Waals surface area contributed by atoms with Gasteiger partial charge in [-0.3, -0.25) is 14.3 Å². The maximum atomic E-state index is 12.7. The number of H-pyrrole nitrogens is 1. The molecule has 0 radical (unpaired) electrons. The summed E-state index contributed by atoms with van der Waals surface area (Å²) in [5.41, 5.74) is 0.485. The lowest BCUT2D eigenvalue weighted by atomic mass is 10.1. The fourth-order valence-corrected chi connectivity index (χ4v) is 3.51. The van der Waals surface area contributed by atoms with Crippen LogP contribution in [-0.2, 0) is 6.54 Å². The Balaban J connectivity index is 1.81. The largest absolute Gasteiger partial charge is 0.494 e. The molecule has 34 heavy (non-hydrogen) atoms. The Labute approximate surface area is 189 Å². The topological polar surface area (TPSA) is 127 Å². The van der Waals surface area contributed by atoms with E-state index in [-0.39, 0.29) is 33.9 Å². The molecular formula is C21H19F3N6O4. The van der Waals surface area contributed by atoms with Crippen LogP contribution in [-0.4, -0.2) is 55.2 Å². The average Bonchev–Trinajstić information content (AvgIpc) is 3.34. The van der Waals surface area contributed by atoms with Crippen LogP contribution in [0.1, 0.15) is 17.3 Å². The van der Waals surface area contributed by atoms with Crippen LogP contribution < -0.4 is 15.6 Å². The van der Waals surface area contributed by atoms with Gasteiger partial charge < -0.3 is 20.1 Å². The molecule has 0 saturated heterocycles. The van der Waals surface area contributed by atoms with E-state index in [0.29, 0.717) is 22.5 Å². The molecular weight excluding hydrogens is 457 g/mol. The molecule has 4 aromatic heterocycles. The van der Waals surface area contributed by atoms with Crippen molar-refractivity contribution in [3.8, 4) is 28.7 Å². The monoisotopic (exact) mass is 476 g/mol. The van der Waals surface area contributed by atoms with E-state index < -0.39 is 24.2 Å². The van der Waals surface area contributed by atoms with Gasteiger partial charge in [0.25, 0.3) is 11.5 Å². The predicted molar refractivity (Wildman–Crippen MR) is 115 cm³/mol. The summed E-state index contributed by atoms with van der Waals surface area (Å²) in [7, 11) is 1.33. The number of alkyl halides is 3. The maximum absolute atomic E-state index is 12.7. The molecule has 0 aliphatic rings. The first-order chi connectivity index (χ1) is 16.1. The van der Waals surface area contributed by atoms with Gasteiger partial charge in [0, 0.05) is 24.5 Å². The SMILES string of the molecule is CCNC(=O)c1cc(-c2ccc3c(O)n(-c4cnn(CC(F)(F)F)c4)c(OC)c3n2)c[nH]c1=O. The van der Waals surface area contributed by atoms with E-state index in [9.17, 15) is 27.9 Å². The van der Waals surface area contributed by atoms with Gasteiger partial charge in [-0.25, -0.2) is 9.55 Å². The van der Waals surface area contributed by atoms with Crippen LogP contribution in [0.2, 0.25) is 0 Å². The van der Waals surface area contributed by atoms with Gasteiger partial charge in [-0.2, -0.15) is 18.3 Å². The number of carbonyl (C=O) groups excluding carboxylic acids is 1. The number of methoxy groups -OCH3 is 1. The van der Waals surface area contributed by atoms with Gasteiger partial charge in [0.2, 0.25) is 11.8 Å². The van der Waals surface area contributed by atoms with Crippen molar-refractivity contribution < 1.29 is 27.8 Å². The fraction of sp³-hybridized carbons (Fsp3) is 0.238.